The van der Waals surface area contributed by atoms with Gasteiger partial charge in [-0.3, -0.25) is 9.59 Å². The fourth-order valence-electron chi connectivity index (χ4n) is 3.46. The molecule has 3 rings (SSSR count). The van der Waals surface area contributed by atoms with E-state index in [-0.39, 0.29) is 11.8 Å². The Morgan fingerprint density at radius 1 is 0.957 bits per heavy atom. The number of amides is 2. The highest BCUT2D eigenvalue weighted by molar-refractivity contribution is 9.10. The first-order valence-electron chi connectivity index (χ1n) is 8.48. The average molecular weight is 383 g/mol. The van der Waals surface area contributed by atoms with Crippen LogP contribution in [0.15, 0.2) is 21.2 Å². The summed E-state index contributed by atoms with van der Waals surface area (Å²) in [6, 6.07) is 3.41. The van der Waals surface area contributed by atoms with Crippen LogP contribution in [0.3, 0.4) is 0 Å². The van der Waals surface area contributed by atoms with Crippen LogP contribution < -0.4 is 0 Å². The Hall–Kier alpha value is -1.30. The van der Waals surface area contributed by atoms with E-state index in [1.807, 2.05) is 4.90 Å². The summed E-state index contributed by atoms with van der Waals surface area (Å²) in [6.45, 7) is 3.06. The van der Waals surface area contributed by atoms with Crippen LogP contribution in [0.2, 0.25) is 0 Å². The first kappa shape index (κ1) is 16.6. The van der Waals surface area contributed by atoms with E-state index in [4.69, 9.17) is 4.42 Å². The van der Waals surface area contributed by atoms with Crippen molar-refractivity contribution in [1.82, 2.24) is 9.80 Å². The highest BCUT2D eigenvalue weighted by atomic mass is 79.9. The van der Waals surface area contributed by atoms with E-state index in [9.17, 15) is 9.59 Å². The summed E-state index contributed by atoms with van der Waals surface area (Å²) in [5.74, 6) is 0.630. The van der Waals surface area contributed by atoms with Crippen LogP contribution >= 0.6 is 15.9 Å². The van der Waals surface area contributed by atoms with Crippen molar-refractivity contribution in [3.05, 3.63) is 22.6 Å². The van der Waals surface area contributed by atoms with Crippen LogP contribution in [0.5, 0.6) is 0 Å². The van der Waals surface area contributed by atoms with Gasteiger partial charge in [-0.25, -0.2) is 0 Å². The molecular weight excluding hydrogens is 360 g/mol. The van der Waals surface area contributed by atoms with Crippen molar-refractivity contribution in [2.45, 2.75) is 38.5 Å². The Balaban J connectivity index is 1.53. The third kappa shape index (κ3) is 3.97. The summed E-state index contributed by atoms with van der Waals surface area (Å²) in [7, 11) is 0. The van der Waals surface area contributed by atoms with Crippen molar-refractivity contribution in [2.75, 3.05) is 26.2 Å². The molecule has 3 heterocycles. The smallest absolute Gasteiger partial charge is 0.289 e. The number of piperidine rings is 1. The quantitative estimate of drug-likeness (QED) is 0.788. The largest absolute Gasteiger partial charge is 0.444 e. The molecule has 2 fully saturated rings. The van der Waals surface area contributed by atoms with Crippen LogP contribution in [-0.4, -0.2) is 47.8 Å². The van der Waals surface area contributed by atoms with Crippen molar-refractivity contribution in [1.29, 1.82) is 0 Å². The Kier molecular flexibility index (Phi) is 5.41. The molecule has 2 saturated heterocycles. The van der Waals surface area contributed by atoms with Gasteiger partial charge in [0.15, 0.2) is 10.4 Å². The van der Waals surface area contributed by atoms with Crippen LogP contribution in [0, 0.1) is 5.92 Å². The van der Waals surface area contributed by atoms with Crippen molar-refractivity contribution in [3.8, 4) is 0 Å². The molecule has 0 radical (unpaired) electrons. The fraction of sp³-hybridized carbons (Fsp3) is 0.647. The zero-order valence-electron chi connectivity index (χ0n) is 13.3. The Morgan fingerprint density at radius 2 is 1.61 bits per heavy atom. The summed E-state index contributed by atoms with van der Waals surface area (Å²) in [5, 5.41) is 0. The second kappa shape index (κ2) is 7.51. The maximum Gasteiger partial charge on any atom is 0.289 e. The SMILES string of the molecule is O=C(c1ccc(Br)o1)N1CCC(C(=O)N2CCCCCC2)CC1. The van der Waals surface area contributed by atoms with Crippen molar-refractivity contribution in [3.63, 3.8) is 0 Å². The molecule has 0 bridgehead atoms. The maximum atomic E-state index is 12.7. The lowest BCUT2D eigenvalue weighted by atomic mass is 9.95. The number of furan rings is 1. The molecule has 1 aromatic rings. The minimum absolute atomic E-state index is 0.0699. The molecule has 126 valence electrons. The number of halogens is 1. The van der Waals surface area contributed by atoms with E-state index in [1.165, 1.54) is 12.8 Å². The molecule has 1 aromatic heterocycles. The number of likely N-dealkylation sites (tertiary alicyclic amines) is 2. The van der Waals surface area contributed by atoms with Crippen LogP contribution in [0.1, 0.15) is 49.1 Å². The summed E-state index contributed by atoms with van der Waals surface area (Å²) in [6.07, 6.45) is 6.21. The molecule has 0 unspecified atom stereocenters. The first-order valence-corrected chi connectivity index (χ1v) is 9.28. The summed E-state index contributed by atoms with van der Waals surface area (Å²) in [4.78, 5) is 28.8. The minimum Gasteiger partial charge on any atom is -0.444 e. The molecule has 0 aromatic carbocycles. The highest BCUT2D eigenvalue weighted by Gasteiger charge is 2.31. The third-order valence-electron chi connectivity index (χ3n) is 4.83. The number of rotatable bonds is 2. The molecule has 0 N–H and O–H groups in total. The summed E-state index contributed by atoms with van der Waals surface area (Å²) in [5.41, 5.74) is 0. The molecule has 0 atom stereocenters. The predicted molar refractivity (Wildman–Crippen MR) is 90.1 cm³/mol. The summed E-state index contributed by atoms with van der Waals surface area (Å²) < 4.78 is 5.89. The lowest BCUT2D eigenvalue weighted by Gasteiger charge is -2.33. The Morgan fingerprint density at radius 3 is 2.17 bits per heavy atom. The zero-order valence-corrected chi connectivity index (χ0v) is 14.9. The lowest BCUT2D eigenvalue weighted by Crippen LogP contribution is -2.44. The van der Waals surface area contributed by atoms with Gasteiger partial charge in [-0.2, -0.15) is 0 Å². The molecule has 2 aliphatic heterocycles. The van der Waals surface area contributed by atoms with Gasteiger partial charge in [-0.15, -0.1) is 0 Å². The minimum atomic E-state index is -0.0867. The second-order valence-corrected chi connectivity index (χ2v) is 7.19. The second-order valence-electron chi connectivity index (χ2n) is 6.41. The molecule has 2 aliphatic rings. The molecule has 0 saturated carbocycles. The number of carbonyl (C=O) groups excluding carboxylic acids is 2. The van der Waals surface area contributed by atoms with Gasteiger partial charge >= 0.3 is 0 Å². The van der Waals surface area contributed by atoms with Crippen LogP contribution in [0.25, 0.3) is 0 Å². The van der Waals surface area contributed by atoms with Gasteiger partial charge in [-0.05, 0) is 53.7 Å². The Bertz CT molecular complexity index is 556. The van der Waals surface area contributed by atoms with Crippen molar-refractivity contribution in [2.24, 2.45) is 5.92 Å². The standard InChI is InChI=1S/C17H23BrN2O3/c18-15-6-5-14(23-15)17(22)20-11-7-13(8-12-20)16(21)19-9-3-1-2-4-10-19/h5-6,13H,1-4,7-12H2. The predicted octanol–water partition coefficient (Wildman–Crippen LogP) is 3.30. The molecule has 5 nitrogen and oxygen atoms in total. The van der Waals surface area contributed by atoms with Gasteiger partial charge in [0.05, 0.1) is 0 Å². The van der Waals surface area contributed by atoms with Gasteiger partial charge < -0.3 is 14.2 Å². The van der Waals surface area contributed by atoms with Gasteiger partial charge in [-0.1, -0.05) is 12.8 Å². The van der Waals surface area contributed by atoms with Crippen LogP contribution in [-0.2, 0) is 4.79 Å². The van der Waals surface area contributed by atoms with E-state index in [1.54, 1.807) is 17.0 Å². The normalized spacial score (nSPS) is 20.4. The lowest BCUT2D eigenvalue weighted by molar-refractivity contribution is -0.136. The Labute approximate surface area is 145 Å². The monoisotopic (exact) mass is 382 g/mol. The maximum absolute atomic E-state index is 12.7. The molecule has 0 aliphatic carbocycles. The number of carbonyl (C=O) groups is 2. The van der Waals surface area contributed by atoms with Crippen LogP contribution in [0.4, 0.5) is 0 Å². The van der Waals surface area contributed by atoms with E-state index in [0.29, 0.717) is 29.4 Å². The van der Waals surface area contributed by atoms with Gasteiger partial charge in [0, 0.05) is 32.1 Å². The van der Waals surface area contributed by atoms with E-state index >= 15 is 0 Å². The first-order chi connectivity index (χ1) is 11.1. The number of hydrogen-bond donors (Lipinski definition) is 0. The zero-order chi connectivity index (χ0) is 16.2. The topological polar surface area (TPSA) is 53.8 Å². The van der Waals surface area contributed by atoms with Gasteiger partial charge in [0.25, 0.3) is 5.91 Å². The molecule has 2 amide bonds. The average Bonchev–Trinajstić information content (AvgIpc) is 2.84. The number of hydrogen-bond acceptors (Lipinski definition) is 3. The molecule has 23 heavy (non-hydrogen) atoms. The van der Waals surface area contributed by atoms with E-state index in [2.05, 4.69) is 15.9 Å². The third-order valence-corrected chi connectivity index (χ3v) is 5.26. The molecule has 0 spiro atoms. The molecular formula is C17H23BrN2O3. The van der Waals surface area contributed by atoms with Gasteiger partial charge in [0.2, 0.25) is 5.91 Å². The van der Waals surface area contributed by atoms with Crippen molar-refractivity contribution >= 4 is 27.7 Å². The van der Waals surface area contributed by atoms with E-state index < -0.39 is 0 Å². The molecule has 6 heteroatoms. The summed E-state index contributed by atoms with van der Waals surface area (Å²) >= 11 is 3.22. The van der Waals surface area contributed by atoms with Crippen molar-refractivity contribution < 1.29 is 14.0 Å². The number of nitrogens with zero attached hydrogens (tertiary/aromatic N) is 2. The van der Waals surface area contributed by atoms with E-state index in [0.717, 1.165) is 38.8 Å². The fourth-order valence-corrected chi connectivity index (χ4v) is 3.77. The highest BCUT2D eigenvalue weighted by Crippen LogP contribution is 2.24. The van der Waals surface area contributed by atoms with Gasteiger partial charge in [0.1, 0.15) is 0 Å².